The quantitative estimate of drug-likeness (QED) is 0.662. The molecule has 0 aliphatic carbocycles. The van der Waals surface area contributed by atoms with Gasteiger partial charge in [0.25, 0.3) is 0 Å². The van der Waals surface area contributed by atoms with Gasteiger partial charge in [-0.3, -0.25) is 0 Å². The van der Waals surface area contributed by atoms with Gasteiger partial charge in [-0.2, -0.15) is 0 Å². The van der Waals surface area contributed by atoms with Crippen LogP contribution in [0.1, 0.15) is 54.9 Å². The largest absolute Gasteiger partial charge is 0.487 e. The van der Waals surface area contributed by atoms with Gasteiger partial charge in [0.15, 0.2) is 0 Å². The van der Waals surface area contributed by atoms with Crippen molar-refractivity contribution in [1.29, 1.82) is 0 Å². The van der Waals surface area contributed by atoms with Crippen LogP contribution in [0, 0.1) is 0 Å². The molecule has 6 heteroatoms. The molecule has 1 atom stereocenters. The van der Waals surface area contributed by atoms with Gasteiger partial charge >= 0.3 is 5.97 Å². The second-order valence-electron chi connectivity index (χ2n) is 5.54. The molecule has 1 aromatic carbocycles. The van der Waals surface area contributed by atoms with E-state index in [9.17, 15) is 4.79 Å². The lowest BCUT2D eigenvalue weighted by Gasteiger charge is -2.09. The van der Waals surface area contributed by atoms with Crippen molar-refractivity contribution < 1.29 is 19.0 Å². The molecule has 5 nitrogen and oxygen atoms in total. The summed E-state index contributed by atoms with van der Waals surface area (Å²) in [7, 11) is 0. The first-order chi connectivity index (χ1) is 11.5. The van der Waals surface area contributed by atoms with Gasteiger partial charge in [-0.1, -0.05) is 0 Å². The molecule has 2 rings (SSSR count). The van der Waals surface area contributed by atoms with E-state index in [1.165, 1.54) is 0 Å². The zero-order chi connectivity index (χ0) is 17.5. The molecule has 0 aliphatic rings. The Labute approximate surface area is 146 Å². The van der Waals surface area contributed by atoms with Gasteiger partial charge in [0.1, 0.15) is 23.5 Å². The van der Waals surface area contributed by atoms with E-state index >= 15 is 0 Å². The van der Waals surface area contributed by atoms with Crippen LogP contribution in [0.15, 0.2) is 29.6 Å². The second-order valence-corrected chi connectivity index (χ2v) is 6.43. The van der Waals surface area contributed by atoms with Crippen molar-refractivity contribution in [3.05, 3.63) is 45.9 Å². The lowest BCUT2D eigenvalue weighted by atomic mass is 10.2. The summed E-state index contributed by atoms with van der Waals surface area (Å²) in [5, 5.41) is 2.92. The molecule has 0 radical (unpaired) electrons. The van der Waals surface area contributed by atoms with Crippen molar-refractivity contribution in [2.24, 2.45) is 0 Å². The Hall–Kier alpha value is -1.92. The molecule has 0 aliphatic heterocycles. The van der Waals surface area contributed by atoms with Gasteiger partial charge in [-0.25, -0.2) is 9.78 Å². The molecular formula is C18H23NO4S. The van der Waals surface area contributed by atoms with Crippen LogP contribution in [0.25, 0.3) is 0 Å². The molecule has 0 saturated heterocycles. The third kappa shape index (κ3) is 5.32. The van der Waals surface area contributed by atoms with Crippen LogP contribution in [0.5, 0.6) is 5.75 Å². The predicted molar refractivity (Wildman–Crippen MR) is 93.5 cm³/mol. The molecule has 24 heavy (non-hydrogen) atoms. The third-order valence-corrected chi connectivity index (χ3v) is 4.21. The number of nitrogens with zero attached hydrogens (tertiary/aromatic N) is 1. The number of hydrogen-bond acceptors (Lipinski definition) is 6. The number of benzene rings is 1. The van der Waals surface area contributed by atoms with Crippen LogP contribution >= 0.6 is 11.3 Å². The first-order valence-corrected chi connectivity index (χ1v) is 8.87. The Morgan fingerprint density at radius 1 is 1.21 bits per heavy atom. The fourth-order valence-electron chi connectivity index (χ4n) is 2.02. The number of rotatable bonds is 8. The van der Waals surface area contributed by atoms with E-state index in [-0.39, 0.29) is 18.2 Å². The molecule has 0 spiro atoms. The average molecular weight is 349 g/mol. The van der Waals surface area contributed by atoms with Crippen LogP contribution in [0.4, 0.5) is 0 Å². The summed E-state index contributed by atoms with van der Waals surface area (Å²) in [5.74, 6) is 0.356. The van der Waals surface area contributed by atoms with Gasteiger partial charge in [0, 0.05) is 12.0 Å². The Morgan fingerprint density at radius 2 is 1.92 bits per heavy atom. The molecule has 0 bridgehead atoms. The molecule has 1 aromatic heterocycles. The van der Waals surface area contributed by atoms with E-state index in [1.807, 2.05) is 33.1 Å². The van der Waals surface area contributed by atoms with Crippen LogP contribution in [-0.2, 0) is 16.1 Å². The number of carbonyl (C=O) groups is 1. The topological polar surface area (TPSA) is 57.7 Å². The van der Waals surface area contributed by atoms with Crippen molar-refractivity contribution in [3.8, 4) is 5.75 Å². The van der Waals surface area contributed by atoms with Crippen molar-refractivity contribution in [3.63, 3.8) is 0 Å². The third-order valence-electron chi connectivity index (χ3n) is 3.15. The highest BCUT2D eigenvalue weighted by Crippen LogP contribution is 2.22. The molecular weight excluding hydrogens is 326 g/mol. The maximum atomic E-state index is 11.8. The van der Waals surface area contributed by atoms with Crippen molar-refractivity contribution >= 4 is 17.3 Å². The van der Waals surface area contributed by atoms with Crippen LogP contribution < -0.4 is 4.74 Å². The van der Waals surface area contributed by atoms with E-state index in [0.717, 1.165) is 10.7 Å². The van der Waals surface area contributed by atoms with Gasteiger partial charge in [0.2, 0.25) is 0 Å². The van der Waals surface area contributed by atoms with E-state index in [2.05, 4.69) is 4.98 Å². The van der Waals surface area contributed by atoms with Crippen LogP contribution in [0.2, 0.25) is 0 Å². The lowest BCUT2D eigenvalue weighted by Crippen LogP contribution is -2.11. The highest BCUT2D eigenvalue weighted by atomic mass is 32.1. The standard InChI is InChI=1S/C18H23NO4S/c1-5-21-13(4)17-19-15(11-24-17)10-22-16-8-6-14(7-9-16)18(20)23-12(2)3/h6-9,11-13H,5,10H2,1-4H3. The van der Waals surface area contributed by atoms with Gasteiger partial charge in [0.05, 0.1) is 17.4 Å². The van der Waals surface area contributed by atoms with Gasteiger partial charge < -0.3 is 14.2 Å². The van der Waals surface area contributed by atoms with Crippen LogP contribution in [-0.4, -0.2) is 23.7 Å². The summed E-state index contributed by atoms with van der Waals surface area (Å²) in [4.78, 5) is 16.3. The fourth-order valence-corrected chi connectivity index (χ4v) is 2.83. The SMILES string of the molecule is CCOC(C)c1nc(COc2ccc(C(=O)OC(C)C)cc2)cs1. The van der Waals surface area contributed by atoms with Crippen LogP contribution in [0.3, 0.4) is 0 Å². The number of esters is 1. The van der Waals surface area contributed by atoms with Gasteiger partial charge in [-0.05, 0) is 52.0 Å². The van der Waals surface area contributed by atoms with E-state index in [0.29, 0.717) is 24.5 Å². The first kappa shape index (κ1) is 18.4. The highest BCUT2D eigenvalue weighted by molar-refractivity contribution is 7.09. The Bertz CT molecular complexity index is 651. The lowest BCUT2D eigenvalue weighted by molar-refractivity contribution is 0.0378. The average Bonchev–Trinajstić information content (AvgIpc) is 3.02. The molecule has 0 fully saturated rings. The maximum absolute atomic E-state index is 11.8. The minimum Gasteiger partial charge on any atom is -0.487 e. The Balaban J connectivity index is 1.89. The second kappa shape index (κ2) is 8.80. The molecule has 1 heterocycles. The summed E-state index contributed by atoms with van der Waals surface area (Å²) in [6.07, 6.45) is -0.133. The molecule has 130 valence electrons. The fraction of sp³-hybridized carbons (Fsp3) is 0.444. The minimum atomic E-state index is -0.328. The first-order valence-electron chi connectivity index (χ1n) is 7.99. The summed E-state index contributed by atoms with van der Waals surface area (Å²) < 4.78 is 16.4. The van der Waals surface area contributed by atoms with Crippen molar-refractivity contribution in [2.45, 2.75) is 46.5 Å². The zero-order valence-corrected chi connectivity index (χ0v) is 15.3. The molecule has 0 saturated carbocycles. The molecule has 0 N–H and O–H groups in total. The van der Waals surface area contributed by atoms with Crippen molar-refractivity contribution in [1.82, 2.24) is 4.98 Å². The number of aromatic nitrogens is 1. The van der Waals surface area contributed by atoms with Gasteiger partial charge in [-0.15, -0.1) is 11.3 Å². The Kier molecular flexibility index (Phi) is 6.75. The monoisotopic (exact) mass is 349 g/mol. The van der Waals surface area contributed by atoms with E-state index in [4.69, 9.17) is 14.2 Å². The number of ether oxygens (including phenoxy) is 3. The normalized spacial score (nSPS) is 12.2. The highest BCUT2D eigenvalue weighted by Gasteiger charge is 2.11. The van der Waals surface area contributed by atoms with E-state index < -0.39 is 0 Å². The van der Waals surface area contributed by atoms with Crippen molar-refractivity contribution in [2.75, 3.05) is 6.61 Å². The molecule has 2 aromatic rings. The summed E-state index contributed by atoms with van der Waals surface area (Å²) >= 11 is 1.57. The smallest absolute Gasteiger partial charge is 0.338 e. The zero-order valence-electron chi connectivity index (χ0n) is 14.4. The summed E-state index contributed by atoms with van der Waals surface area (Å²) in [5.41, 5.74) is 1.38. The summed E-state index contributed by atoms with van der Waals surface area (Å²) in [6.45, 7) is 8.65. The predicted octanol–water partition coefficient (Wildman–Crippen LogP) is 4.38. The maximum Gasteiger partial charge on any atom is 0.338 e. The Morgan fingerprint density at radius 3 is 2.54 bits per heavy atom. The molecule has 1 unspecified atom stereocenters. The number of hydrogen-bond donors (Lipinski definition) is 0. The molecule has 0 amide bonds. The van der Waals surface area contributed by atoms with E-state index in [1.54, 1.807) is 35.6 Å². The number of thiazole rings is 1. The minimum absolute atomic E-state index is 0.00000291. The number of carbonyl (C=O) groups excluding carboxylic acids is 1. The summed E-state index contributed by atoms with van der Waals surface area (Å²) in [6, 6.07) is 6.91.